The van der Waals surface area contributed by atoms with Crippen molar-refractivity contribution in [1.82, 2.24) is 24.9 Å². The van der Waals surface area contributed by atoms with Crippen molar-refractivity contribution in [3.8, 4) is 0 Å². The third kappa shape index (κ3) is 4.06. The summed E-state index contributed by atoms with van der Waals surface area (Å²) in [6.45, 7) is 4.77. The summed E-state index contributed by atoms with van der Waals surface area (Å²) in [6, 6.07) is 2.58. The standard InChI is InChI=1S/C18H21N7O5/c1-10-16(25(28)29)11(2)24(21-10)12(3)17(26)20-14-9-23(4)22-15(14)18(27)19-8-13-6-5-7-30-13/h5-7,9,12H,8H2,1-4H3,(H,19,27)(H,20,26). The number of hydrogen-bond acceptors (Lipinski definition) is 7. The van der Waals surface area contributed by atoms with E-state index in [1.165, 1.54) is 35.7 Å². The van der Waals surface area contributed by atoms with E-state index in [0.29, 0.717) is 5.76 Å². The molecule has 2 amide bonds. The number of hydrogen-bond donors (Lipinski definition) is 2. The first-order valence-corrected chi connectivity index (χ1v) is 9.04. The van der Waals surface area contributed by atoms with Crippen LogP contribution in [0.3, 0.4) is 0 Å². The van der Waals surface area contributed by atoms with Crippen molar-refractivity contribution in [3.05, 3.63) is 57.5 Å². The van der Waals surface area contributed by atoms with Crippen LogP contribution >= 0.6 is 0 Å². The first-order chi connectivity index (χ1) is 14.2. The Bertz CT molecular complexity index is 1100. The van der Waals surface area contributed by atoms with Gasteiger partial charge in [0.05, 0.1) is 23.4 Å². The maximum Gasteiger partial charge on any atom is 0.312 e. The third-order valence-electron chi connectivity index (χ3n) is 4.52. The first kappa shape index (κ1) is 20.8. The fourth-order valence-corrected chi connectivity index (χ4v) is 3.06. The molecule has 158 valence electrons. The molecule has 3 rings (SSSR count). The highest BCUT2D eigenvalue weighted by molar-refractivity contribution is 6.03. The van der Waals surface area contributed by atoms with Crippen molar-refractivity contribution in [2.75, 3.05) is 5.32 Å². The van der Waals surface area contributed by atoms with Gasteiger partial charge in [-0.15, -0.1) is 0 Å². The highest BCUT2D eigenvalue weighted by atomic mass is 16.6. The van der Waals surface area contributed by atoms with Gasteiger partial charge in [-0.2, -0.15) is 10.2 Å². The predicted molar refractivity (Wildman–Crippen MR) is 105 cm³/mol. The smallest absolute Gasteiger partial charge is 0.312 e. The minimum absolute atomic E-state index is 0.0314. The zero-order valence-corrected chi connectivity index (χ0v) is 16.9. The van der Waals surface area contributed by atoms with Crippen LogP contribution in [0.2, 0.25) is 0 Å². The molecule has 3 aromatic rings. The number of anilines is 1. The molecule has 12 nitrogen and oxygen atoms in total. The number of aromatic nitrogens is 4. The molecule has 3 aromatic heterocycles. The van der Waals surface area contributed by atoms with Crippen molar-refractivity contribution < 1.29 is 18.9 Å². The Balaban J connectivity index is 1.76. The highest BCUT2D eigenvalue weighted by Gasteiger charge is 2.28. The molecule has 0 aliphatic heterocycles. The zero-order valence-electron chi connectivity index (χ0n) is 16.9. The lowest BCUT2D eigenvalue weighted by Gasteiger charge is -2.14. The fraction of sp³-hybridized carbons (Fsp3) is 0.333. The van der Waals surface area contributed by atoms with E-state index < -0.39 is 22.8 Å². The van der Waals surface area contributed by atoms with Crippen LogP contribution in [0.25, 0.3) is 0 Å². The molecule has 1 atom stereocenters. The van der Waals surface area contributed by atoms with E-state index in [2.05, 4.69) is 20.8 Å². The molecule has 30 heavy (non-hydrogen) atoms. The Labute approximate surface area is 171 Å². The Kier molecular flexibility index (Phi) is 5.67. The van der Waals surface area contributed by atoms with Crippen LogP contribution in [0.15, 0.2) is 29.0 Å². The fourth-order valence-electron chi connectivity index (χ4n) is 3.06. The van der Waals surface area contributed by atoms with Gasteiger partial charge < -0.3 is 15.1 Å². The summed E-state index contributed by atoms with van der Waals surface area (Å²) in [5.74, 6) is -0.412. The Morgan fingerprint density at radius 1 is 1.33 bits per heavy atom. The van der Waals surface area contributed by atoms with Gasteiger partial charge in [-0.25, -0.2) is 0 Å². The van der Waals surface area contributed by atoms with Crippen molar-refractivity contribution >= 4 is 23.2 Å². The molecule has 12 heteroatoms. The van der Waals surface area contributed by atoms with Crippen molar-refractivity contribution in [1.29, 1.82) is 0 Å². The van der Waals surface area contributed by atoms with Gasteiger partial charge in [0.1, 0.15) is 23.2 Å². The molecule has 0 aliphatic carbocycles. The van der Waals surface area contributed by atoms with E-state index in [1.54, 1.807) is 26.1 Å². The number of aryl methyl sites for hydroxylation is 2. The van der Waals surface area contributed by atoms with Crippen LogP contribution in [0.5, 0.6) is 0 Å². The predicted octanol–water partition coefficient (Wildman–Crippen LogP) is 1.86. The van der Waals surface area contributed by atoms with Crippen LogP contribution in [0, 0.1) is 24.0 Å². The molecular weight excluding hydrogens is 394 g/mol. The summed E-state index contributed by atoms with van der Waals surface area (Å²) >= 11 is 0. The van der Waals surface area contributed by atoms with Gasteiger partial charge in [0.2, 0.25) is 5.91 Å². The van der Waals surface area contributed by atoms with E-state index in [9.17, 15) is 19.7 Å². The van der Waals surface area contributed by atoms with Crippen LogP contribution < -0.4 is 10.6 Å². The number of nitrogens with one attached hydrogen (secondary N) is 2. The largest absolute Gasteiger partial charge is 0.467 e. The molecule has 0 spiro atoms. The lowest BCUT2D eigenvalue weighted by Crippen LogP contribution is -2.28. The lowest BCUT2D eigenvalue weighted by atomic mass is 10.2. The molecule has 0 bridgehead atoms. The molecule has 0 radical (unpaired) electrons. The van der Waals surface area contributed by atoms with Gasteiger partial charge in [0.25, 0.3) is 5.91 Å². The number of carbonyl (C=O) groups is 2. The summed E-state index contributed by atoms with van der Waals surface area (Å²) in [5, 5.41) is 24.7. The first-order valence-electron chi connectivity index (χ1n) is 9.04. The molecule has 0 aliphatic rings. The van der Waals surface area contributed by atoms with Crippen LogP contribution in [-0.4, -0.2) is 36.3 Å². The number of rotatable bonds is 7. The summed E-state index contributed by atoms with van der Waals surface area (Å²) in [5.41, 5.74) is 0.597. The van der Waals surface area contributed by atoms with Crippen LogP contribution in [0.1, 0.15) is 40.6 Å². The minimum Gasteiger partial charge on any atom is -0.467 e. The molecule has 3 heterocycles. The summed E-state index contributed by atoms with van der Waals surface area (Å²) in [7, 11) is 1.62. The third-order valence-corrected chi connectivity index (χ3v) is 4.52. The minimum atomic E-state index is -0.850. The number of furan rings is 1. The lowest BCUT2D eigenvalue weighted by molar-refractivity contribution is -0.386. The highest BCUT2D eigenvalue weighted by Crippen LogP contribution is 2.25. The monoisotopic (exact) mass is 415 g/mol. The van der Waals surface area contributed by atoms with Gasteiger partial charge in [-0.1, -0.05) is 0 Å². The average Bonchev–Trinajstić information content (AvgIpc) is 3.38. The molecule has 2 N–H and O–H groups in total. The van der Waals surface area contributed by atoms with Crippen molar-refractivity contribution in [2.24, 2.45) is 7.05 Å². The topological polar surface area (TPSA) is 150 Å². The molecule has 0 aromatic carbocycles. The summed E-state index contributed by atoms with van der Waals surface area (Å²) in [6.07, 6.45) is 2.99. The van der Waals surface area contributed by atoms with Gasteiger partial charge in [-0.05, 0) is 32.9 Å². The van der Waals surface area contributed by atoms with E-state index in [1.807, 2.05) is 0 Å². The number of carbonyl (C=O) groups excluding carboxylic acids is 2. The Hall–Kier alpha value is -3.96. The van der Waals surface area contributed by atoms with Crippen LogP contribution in [-0.2, 0) is 18.4 Å². The van der Waals surface area contributed by atoms with E-state index >= 15 is 0 Å². The van der Waals surface area contributed by atoms with Crippen molar-refractivity contribution in [3.63, 3.8) is 0 Å². The number of nitro groups is 1. The quantitative estimate of drug-likeness (QED) is 0.441. The SMILES string of the molecule is Cc1nn(C(C)C(=O)Nc2cn(C)nc2C(=O)NCc2ccco2)c(C)c1[N+](=O)[O-]. The Morgan fingerprint density at radius 3 is 2.67 bits per heavy atom. The average molecular weight is 415 g/mol. The molecule has 0 fully saturated rings. The van der Waals surface area contributed by atoms with E-state index in [0.717, 1.165) is 0 Å². The second kappa shape index (κ2) is 8.19. The summed E-state index contributed by atoms with van der Waals surface area (Å²) < 4.78 is 7.86. The molecule has 0 saturated carbocycles. The molecule has 0 saturated heterocycles. The number of nitrogens with zero attached hydrogens (tertiary/aromatic N) is 5. The molecular formula is C18H21N7O5. The maximum absolute atomic E-state index is 12.8. The van der Waals surface area contributed by atoms with Gasteiger partial charge >= 0.3 is 5.69 Å². The van der Waals surface area contributed by atoms with Gasteiger partial charge in [0.15, 0.2) is 5.69 Å². The second-order valence-electron chi connectivity index (χ2n) is 6.71. The van der Waals surface area contributed by atoms with Crippen molar-refractivity contribution in [2.45, 2.75) is 33.4 Å². The van der Waals surface area contributed by atoms with E-state index in [4.69, 9.17) is 4.42 Å². The second-order valence-corrected chi connectivity index (χ2v) is 6.71. The summed E-state index contributed by atoms with van der Waals surface area (Å²) in [4.78, 5) is 35.9. The van der Waals surface area contributed by atoms with Crippen LogP contribution in [0.4, 0.5) is 11.4 Å². The normalized spacial score (nSPS) is 11.9. The Morgan fingerprint density at radius 2 is 2.07 bits per heavy atom. The van der Waals surface area contributed by atoms with E-state index in [-0.39, 0.29) is 35.0 Å². The molecule has 1 unspecified atom stereocenters. The van der Waals surface area contributed by atoms with Gasteiger partial charge in [-0.3, -0.25) is 29.1 Å². The van der Waals surface area contributed by atoms with Gasteiger partial charge in [0, 0.05) is 13.2 Å². The zero-order chi connectivity index (χ0) is 22.0. The number of amides is 2. The maximum atomic E-state index is 12.8.